The molecule has 0 saturated carbocycles. The van der Waals surface area contributed by atoms with Crippen LogP contribution >= 0.6 is 0 Å². The van der Waals surface area contributed by atoms with Crippen LogP contribution in [-0.4, -0.2) is 61.6 Å². The van der Waals surface area contributed by atoms with Gasteiger partial charge in [0.2, 0.25) is 0 Å². The minimum Gasteiger partial charge on any atom is -0.348 e. The molecule has 0 radical (unpaired) electrons. The van der Waals surface area contributed by atoms with Crippen LogP contribution in [-0.2, 0) is 19.0 Å². The van der Waals surface area contributed by atoms with Crippen LogP contribution in [0.4, 0.5) is 0 Å². The van der Waals surface area contributed by atoms with E-state index in [0.29, 0.717) is 5.69 Å². The molecule has 1 fully saturated rings. The van der Waals surface area contributed by atoms with Crippen molar-refractivity contribution in [1.82, 2.24) is 29.5 Å². The van der Waals surface area contributed by atoms with Crippen molar-refractivity contribution in [3.05, 3.63) is 35.7 Å². The summed E-state index contributed by atoms with van der Waals surface area (Å²) in [5, 5.41) is 4.13. The van der Waals surface area contributed by atoms with E-state index >= 15 is 0 Å². The lowest BCUT2D eigenvalue weighted by molar-refractivity contribution is 0.00598. The first-order chi connectivity index (χ1) is 12.7. The zero-order valence-corrected chi connectivity index (χ0v) is 15.7. The molecule has 140 valence electrons. The van der Waals surface area contributed by atoms with E-state index in [0.717, 1.165) is 45.4 Å². The Balaban J connectivity index is 1.55. The largest absolute Gasteiger partial charge is 0.348 e. The predicted molar refractivity (Wildman–Crippen MR) is 98.8 cm³/mol. The van der Waals surface area contributed by atoms with Gasteiger partial charge in [0.1, 0.15) is 5.69 Å². The summed E-state index contributed by atoms with van der Waals surface area (Å²) >= 11 is 0. The van der Waals surface area contributed by atoms with Crippen molar-refractivity contribution in [2.24, 2.45) is 7.05 Å². The standard InChI is InChI=1S/C19H28N6O/c1-3-4-10-25-11-6-15-17(21-14-20-15)19(25)7-12-24(13-8-19)18(26)16-5-9-22-23(16)2/h5,9,14H,3-4,6-8,10-13H2,1-2H3,(H,20,21). The highest BCUT2D eigenvalue weighted by atomic mass is 16.2. The number of rotatable bonds is 4. The number of aromatic amines is 1. The number of aromatic nitrogens is 4. The van der Waals surface area contributed by atoms with Crippen LogP contribution in [0, 0.1) is 0 Å². The van der Waals surface area contributed by atoms with Crippen molar-refractivity contribution in [1.29, 1.82) is 0 Å². The number of unbranched alkanes of at least 4 members (excludes halogenated alkanes) is 1. The molecule has 2 aliphatic rings. The van der Waals surface area contributed by atoms with Crippen LogP contribution in [0.25, 0.3) is 0 Å². The molecule has 0 atom stereocenters. The first-order valence-electron chi connectivity index (χ1n) is 9.71. The number of carbonyl (C=O) groups excluding carboxylic acids is 1. The van der Waals surface area contributed by atoms with E-state index in [1.165, 1.54) is 24.2 Å². The van der Waals surface area contributed by atoms with Gasteiger partial charge in [0, 0.05) is 45.0 Å². The lowest BCUT2D eigenvalue weighted by Crippen LogP contribution is -2.57. The lowest BCUT2D eigenvalue weighted by atomic mass is 9.78. The van der Waals surface area contributed by atoms with Gasteiger partial charge in [-0.15, -0.1) is 0 Å². The SMILES string of the molecule is CCCCN1CCc2[nH]cnc2C12CCN(C(=O)c1ccnn1C)CC2. The number of imidazole rings is 1. The fraction of sp³-hybridized carbons (Fsp3) is 0.632. The Morgan fingerprint density at radius 1 is 1.31 bits per heavy atom. The summed E-state index contributed by atoms with van der Waals surface area (Å²) in [6.07, 6.45) is 8.85. The van der Waals surface area contributed by atoms with E-state index in [-0.39, 0.29) is 11.4 Å². The van der Waals surface area contributed by atoms with E-state index < -0.39 is 0 Å². The Morgan fingerprint density at radius 3 is 2.81 bits per heavy atom. The highest BCUT2D eigenvalue weighted by Crippen LogP contribution is 2.42. The van der Waals surface area contributed by atoms with Crippen molar-refractivity contribution >= 4 is 5.91 Å². The second-order valence-electron chi connectivity index (χ2n) is 7.48. The Bertz CT molecular complexity index is 771. The van der Waals surface area contributed by atoms with E-state index in [1.807, 2.05) is 18.3 Å². The molecule has 0 aromatic carbocycles. The second-order valence-corrected chi connectivity index (χ2v) is 7.48. The van der Waals surface area contributed by atoms with Crippen molar-refractivity contribution in [2.75, 3.05) is 26.2 Å². The van der Waals surface area contributed by atoms with Crippen LogP contribution in [0.5, 0.6) is 0 Å². The van der Waals surface area contributed by atoms with Crippen LogP contribution < -0.4 is 0 Å². The van der Waals surface area contributed by atoms with Crippen LogP contribution in [0.15, 0.2) is 18.6 Å². The monoisotopic (exact) mass is 356 g/mol. The summed E-state index contributed by atoms with van der Waals surface area (Å²) in [5.41, 5.74) is 3.14. The van der Waals surface area contributed by atoms with E-state index in [1.54, 1.807) is 16.9 Å². The Morgan fingerprint density at radius 2 is 2.12 bits per heavy atom. The summed E-state index contributed by atoms with van der Waals surface area (Å²) < 4.78 is 1.66. The Labute approximate surface area is 154 Å². The number of likely N-dealkylation sites (tertiary alicyclic amines) is 1. The predicted octanol–water partition coefficient (Wildman–Crippen LogP) is 1.93. The molecule has 7 heteroatoms. The van der Waals surface area contributed by atoms with E-state index in [4.69, 9.17) is 4.98 Å². The van der Waals surface area contributed by atoms with Gasteiger partial charge in [0.15, 0.2) is 0 Å². The first kappa shape index (κ1) is 17.3. The maximum atomic E-state index is 12.8. The molecule has 0 bridgehead atoms. The topological polar surface area (TPSA) is 70.1 Å². The molecule has 0 aliphatic carbocycles. The number of H-pyrrole nitrogens is 1. The van der Waals surface area contributed by atoms with Gasteiger partial charge < -0.3 is 9.88 Å². The molecule has 1 saturated heterocycles. The van der Waals surface area contributed by atoms with Gasteiger partial charge in [-0.05, 0) is 31.9 Å². The first-order valence-corrected chi connectivity index (χ1v) is 9.71. The van der Waals surface area contributed by atoms with Crippen LogP contribution in [0.2, 0.25) is 0 Å². The molecule has 2 aromatic rings. The lowest BCUT2D eigenvalue weighted by Gasteiger charge is -2.50. The van der Waals surface area contributed by atoms with Gasteiger partial charge in [-0.3, -0.25) is 14.4 Å². The van der Waals surface area contributed by atoms with E-state index in [9.17, 15) is 4.79 Å². The maximum absolute atomic E-state index is 12.8. The number of hydrogen-bond acceptors (Lipinski definition) is 4. The zero-order chi connectivity index (χ0) is 18.1. The molecule has 26 heavy (non-hydrogen) atoms. The quantitative estimate of drug-likeness (QED) is 0.909. The van der Waals surface area contributed by atoms with Crippen molar-refractivity contribution in [3.63, 3.8) is 0 Å². The fourth-order valence-electron chi connectivity index (χ4n) is 4.58. The molecule has 2 aromatic heterocycles. The molecule has 4 rings (SSSR count). The van der Waals surface area contributed by atoms with Crippen molar-refractivity contribution < 1.29 is 4.79 Å². The number of nitrogens with zero attached hydrogens (tertiary/aromatic N) is 5. The average Bonchev–Trinajstić information content (AvgIpc) is 3.31. The van der Waals surface area contributed by atoms with Crippen LogP contribution in [0.3, 0.4) is 0 Å². The number of carbonyl (C=O) groups is 1. The number of nitrogens with one attached hydrogen (secondary N) is 1. The molecular formula is C19H28N6O. The molecular weight excluding hydrogens is 328 g/mol. The fourth-order valence-corrected chi connectivity index (χ4v) is 4.58. The molecule has 1 amide bonds. The number of amides is 1. The van der Waals surface area contributed by atoms with Gasteiger partial charge >= 0.3 is 0 Å². The normalized spacial score (nSPS) is 19.7. The minimum absolute atomic E-state index is 0.0218. The molecule has 0 unspecified atom stereocenters. The second kappa shape index (κ2) is 6.87. The smallest absolute Gasteiger partial charge is 0.272 e. The number of hydrogen-bond donors (Lipinski definition) is 1. The van der Waals surface area contributed by atoms with Gasteiger partial charge in [-0.2, -0.15) is 5.10 Å². The third kappa shape index (κ3) is 2.74. The molecule has 4 heterocycles. The molecule has 1 N–H and O–H groups in total. The molecule has 1 spiro atoms. The summed E-state index contributed by atoms with van der Waals surface area (Å²) in [5.74, 6) is 0.0815. The van der Waals surface area contributed by atoms with Gasteiger partial charge in [-0.1, -0.05) is 13.3 Å². The highest BCUT2D eigenvalue weighted by molar-refractivity contribution is 5.92. The third-order valence-corrected chi connectivity index (χ3v) is 6.10. The number of piperidine rings is 1. The highest BCUT2D eigenvalue weighted by Gasteiger charge is 2.47. The van der Waals surface area contributed by atoms with Crippen molar-refractivity contribution in [2.45, 2.75) is 44.6 Å². The average molecular weight is 356 g/mol. The summed E-state index contributed by atoms with van der Waals surface area (Å²) in [7, 11) is 1.82. The van der Waals surface area contributed by atoms with Crippen molar-refractivity contribution in [3.8, 4) is 0 Å². The zero-order valence-electron chi connectivity index (χ0n) is 15.7. The summed E-state index contributed by atoms with van der Waals surface area (Å²) in [6.45, 7) is 5.95. The molecule has 2 aliphatic heterocycles. The maximum Gasteiger partial charge on any atom is 0.272 e. The number of fused-ring (bicyclic) bond motifs is 2. The molecule has 7 nitrogen and oxygen atoms in total. The Hall–Kier alpha value is -2.15. The number of aryl methyl sites for hydroxylation is 1. The summed E-state index contributed by atoms with van der Waals surface area (Å²) in [4.78, 5) is 25.5. The Kier molecular flexibility index (Phi) is 4.56. The van der Waals surface area contributed by atoms with Gasteiger partial charge in [0.05, 0.1) is 17.6 Å². The van der Waals surface area contributed by atoms with Gasteiger partial charge in [0.25, 0.3) is 5.91 Å². The van der Waals surface area contributed by atoms with Gasteiger partial charge in [-0.25, -0.2) is 4.98 Å². The van der Waals surface area contributed by atoms with E-state index in [2.05, 4.69) is 21.9 Å². The third-order valence-electron chi connectivity index (χ3n) is 6.10. The minimum atomic E-state index is -0.0218. The summed E-state index contributed by atoms with van der Waals surface area (Å²) in [6, 6.07) is 1.80. The van der Waals surface area contributed by atoms with Crippen LogP contribution in [0.1, 0.15) is 54.5 Å².